The molecule has 1 amide bonds. The summed E-state index contributed by atoms with van der Waals surface area (Å²) in [6, 6.07) is 9.31. The predicted molar refractivity (Wildman–Crippen MR) is 75.3 cm³/mol. The van der Waals surface area contributed by atoms with Crippen molar-refractivity contribution in [3.63, 3.8) is 0 Å². The van der Waals surface area contributed by atoms with Crippen LogP contribution in [0, 0.1) is 0 Å². The second kappa shape index (κ2) is 6.16. The molecule has 5 nitrogen and oxygen atoms in total. The van der Waals surface area contributed by atoms with Gasteiger partial charge in [-0.15, -0.1) is 0 Å². The SMILES string of the molecule is COc1ccccc1-c1ccncc1C(=O)N(C)OC. The van der Waals surface area contributed by atoms with Gasteiger partial charge in [0.1, 0.15) is 5.75 Å². The molecule has 1 heterocycles. The molecular weight excluding hydrogens is 256 g/mol. The van der Waals surface area contributed by atoms with Crippen LogP contribution in [0.25, 0.3) is 11.1 Å². The molecule has 0 aliphatic carbocycles. The van der Waals surface area contributed by atoms with Crippen molar-refractivity contribution in [3.05, 3.63) is 48.3 Å². The maximum absolute atomic E-state index is 12.3. The van der Waals surface area contributed by atoms with Crippen LogP contribution >= 0.6 is 0 Å². The molecule has 0 atom stereocenters. The summed E-state index contributed by atoms with van der Waals surface area (Å²) >= 11 is 0. The minimum atomic E-state index is -0.262. The van der Waals surface area contributed by atoms with Crippen LogP contribution in [-0.2, 0) is 4.84 Å². The highest BCUT2D eigenvalue weighted by Gasteiger charge is 2.18. The van der Waals surface area contributed by atoms with E-state index >= 15 is 0 Å². The smallest absolute Gasteiger partial charge is 0.279 e. The Bertz CT molecular complexity index is 614. The van der Waals surface area contributed by atoms with E-state index in [-0.39, 0.29) is 5.91 Å². The molecule has 2 aromatic rings. The van der Waals surface area contributed by atoms with Crippen LogP contribution in [0.1, 0.15) is 10.4 Å². The number of hydrogen-bond donors (Lipinski definition) is 0. The van der Waals surface area contributed by atoms with Gasteiger partial charge in [-0.1, -0.05) is 18.2 Å². The lowest BCUT2D eigenvalue weighted by atomic mass is 10.0. The van der Waals surface area contributed by atoms with Crippen LogP contribution in [0.4, 0.5) is 0 Å². The molecule has 0 saturated heterocycles. The Balaban J connectivity index is 2.55. The van der Waals surface area contributed by atoms with Crippen LogP contribution < -0.4 is 4.74 Å². The summed E-state index contributed by atoms with van der Waals surface area (Å²) in [6.45, 7) is 0. The highest BCUT2D eigenvalue weighted by Crippen LogP contribution is 2.32. The second-order valence-corrected chi connectivity index (χ2v) is 4.11. The zero-order valence-corrected chi connectivity index (χ0v) is 11.7. The Morgan fingerprint density at radius 2 is 1.90 bits per heavy atom. The van der Waals surface area contributed by atoms with E-state index in [1.807, 2.05) is 24.3 Å². The molecule has 5 heteroatoms. The summed E-state index contributed by atoms with van der Waals surface area (Å²) in [5.41, 5.74) is 2.05. The summed E-state index contributed by atoms with van der Waals surface area (Å²) in [4.78, 5) is 21.2. The molecule has 104 valence electrons. The molecule has 0 aliphatic rings. The van der Waals surface area contributed by atoms with Gasteiger partial charge in [-0.3, -0.25) is 14.6 Å². The minimum Gasteiger partial charge on any atom is -0.496 e. The molecule has 0 spiro atoms. The average molecular weight is 272 g/mol. The Labute approximate surface area is 117 Å². The maximum atomic E-state index is 12.3. The highest BCUT2D eigenvalue weighted by atomic mass is 16.7. The zero-order chi connectivity index (χ0) is 14.5. The van der Waals surface area contributed by atoms with E-state index < -0.39 is 0 Å². The number of aromatic nitrogens is 1. The lowest BCUT2D eigenvalue weighted by Gasteiger charge is -2.17. The number of pyridine rings is 1. The predicted octanol–water partition coefficient (Wildman–Crippen LogP) is 2.39. The third-order valence-corrected chi connectivity index (χ3v) is 3.01. The number of hydroxylamine groups is 2. The molecule has 0 fully saturated rings. The first kappa shape index (κ1) is 14.0. The van der Waals surface area contributed by atoms with E-state index in [1.54, 1.807) is 26.4 Å². The molecule has 20 heavy (non-hydrogen) atoms. The molecule has 0 radical (unpaired) electrons. The second-order valence-electron chi connectivity index (χ2n) is 4.11. The number of ether oxygens (including phenoxy) is 1. The van der Waals surface area contributed by atoms with E-state index in [1.165, 1.54) is 13.3 Å². The van der Waals surface area contributed by atoms with Crippen molar-refractivity contribution >= 4 is 5.91 Å². The van der Waals surface area contributed by atoms with Gasteiger partial charge < -0.3 is 4.74 Å². The van der Waals surface area contributed by atoms with E-state index in [9.17, 15) is 4.79 Å². The van der Waals surface area contributed by atoms with Crippen LogP contribution in [0.3, 0.4) is 0 Å². The largest absolute Gasteiger partial charge is 0.496 e. The minimum absolute atomic E-state index is 0.262. The van der Waals surface area contributed by atoms with Gasteiger partial charge in [0.2, 0.25) is 0 Å². The monoisotopic (exact) mass is 272 g/mol. The summed E-state index contributed by atoms with van der Waals surface area (Å²) in [6.07, 6.45) is 3.17. The van der Waals surface area contributed by atoms with Crippen LogP contribution in [0.5, 0.6) is 5.75 Å². The van der Waals surface area contributed by atoms with E-state index in [0.717, 1.165) is 16.2 Å². The first-order valence-corrected chi connectivity index (χ1v) is 6.08. The van der Waals surface area contributed by atoms with E-state index in [2.05, 4.69) is 4.98 Å². The van der Waals surface area contributed by atoms with Crippen LogP contribution in [-0.4, -0.2) is 37.2 Å². The highest BCUT2D eigenvalue weighted by molar-refractivity contribution is 6.00. The number of hydrogen-bond acceptors (Lipinski definition) is 4. The van der Waals surface area contributed by atoms with Crippen molar-refractivity contribution in [1.82, 2.24) is 10.0 Å². The molecule has 1 aromatic heterocycles. The Kier molecular flexibility index (Phi) is 4.32. The average Bonchev–Trinajstić information content (AvgIpc) is 2.53. The molecule has 2 rings (SSSR count). The zero-order valence-electron chi connectivity index (χ0n) is 11.7. The fourth-order valence-electron chi connectivity index (χ4n) is 1.92. The van der Waals surface area contributed by atoms with Gasteiger partial charge >= 0.3 is 0 Å². The number of methoxy groups -OCH3 is 1. The fourth-order valence-corrected chi connectivity index (χ4v) is 1.92. The molecule has 0 N–H and O–H groups in total. The normalized spacial score (nSPS) is 10.2. The van der Waals surface area contributed by atoms with Gasteiger partial charge in [0.05, 0.1) is 19.8 Å². The first-order valence-electron chi connectivity index (χ1n) is 6.08. The molecule has 0 saturated carbocycles. The van der Waals surface area contributed by atoms with Crippen molar-refractivity contribution in [2.24, 2.45) is 0 Å². The standard InChI is InChI=1S/C15H16N2O3/c1-17(20-3)15(18)13-10-16-9-8-11(13)12-6-4-5-7-14(12)19-2/h4-10H,1-3H3. The third-order valence-electron chi connectivity index (χ3n) is 3.01. The van der Waals surface area contributed by atoms with Crippen LogP contribution in [0.15, 0.2) is 42.7 Å². The van der Waals surface area contributed by atoms with Crippen molar-refractivity contribution in [2.45, 2.75) is 0 Å². The number of carbonyl (C=O) groups is 1. The lowest BCUT2D eigenvalue weighted by Crippen LogP contribution is -2.26. The fraction of sp³-hybridized carbons (Fsp3) is 0.200. The van der Waals surface area contributed by atoms with E-state index in [0.29, 0.717) is 11.3 Å². The van der Waals surface area contributed by atoms with Gasteiger partial charge in [-0.25, -0.2) is 5.06 Å². The summed E-state index contributed by atoms with van der Waals surface area (Å²) in [5.74, 6) is 0.439. The van der Waals surface area contributed by atoms with Crippen LogP contribution in [0.2, 0.25) is 0 Å². The number of benzene rings is 1. The molecule has 0 aliphatic heterocycles. The molecule has 0 unspecified atom stereocenters. The Hall–Kier alpha value is -2.40. The van der Waals surface area contributed by atoms with Gasteiger partial charge in [0, 0.05) is 30.6 Å². The summed E-state index contributed by atoms with van der Waals surface area (Å²) in [7, 11) is 4.60. The van der Waals surface area contributed by atoms with Gasteiger partial charge in [0.15, 0.2) is 0 Å². The van der Waals surface area contributed by atoms with Crippen molar-refractivity contribution in [2.75, 3.05) is 21.3 Å². The van der Waals surface area contributed by atoms with Gasteiger partial charge in [0.25, 0.3) is 5.91 Å². The number of rotatable bonds is 4. The summed E-state index contributed by atoms with van der Waals surface area (Å²) in [5, 5.41) is 1.16. The summed E-state index contributed by atoms with van der Waals surface area (Å²) < 4.78 is 5.34. The van der Waals surface area contributed by atoms with Crippen molar-refractivity contribution in [3.8, 4) is 16.9 Å². The van der Waals surface area contributed by atoms with E-state index in [4.69, 9.17) is 9.57 Å². The number of nitrogens with zero attached hydrogens (tertiary/aromatic N) is 2. The topological polar surface area (TPSA) is 51.7 Å². The van der Waals surface area contributed by atoms with Crippen molar-refractivity contribution < 1.29 is 14.4 Å². The maximum Gasteiger partial charge on any atom is 0.279 e. The molecule has 0 bridgehead atoms. The first-order chi connectivity index (χ1) is 9.69. The Morgan fingerprint density at radius 3 is 2.60 bits per heavy atom. The van der Waals surface area contributed by atoms with Gasteiger partial charge in [-0.05, 0) is 12.1 Å². The number of para-hydroxylation sites is 1. The number of amides is 1. The van der Waals surface area contributed by atoms with Crippen molar-refractivity contribution in [1.29, 1.82) is 0 Å². The quantitative estimate of drug-likeness (QED) is 0.802. The lowest BCUT2D eigenvalue weighted by molar-refractivity contribution is -0.0756. The molecular formula is C15H16N2O3. The number of carbonyl (C=O) groups excluding carboxylic acids is 1. The molecule has 1 aromatic carbocycles. The Morgan fingerprint density at radius 1 is 1.15 bits per heavy atom. The van der Waals surface area contributed by atoms with Gasteiger partial charge in [-0.2, -0.15) is 0 Å². The third kappa shape index (κ3) is 2.62.